The number of nitrogens with zero attached hydrogens (tertiary/aromatic N) is 3. The van der Waals surface area contributed by atoms with Crippen LogP contribution in [-0.2, 0) is 16.0 Å². The molecule has 4 rings (SSSR count). The first kappa shape index (κ1) is 22.3. The molecule has 0 aliphatic carbocycles. The third-order valence-electron chi connectivity index (χ3n) is 6.18. The second-order valence-corrected chi connectivity index (χ2v) is 8.42. The molecule has 2 atom stereocenters. The van der Waals surface area contributed by atoms with Gasteiger partial charge in [0, 0.05) is 23.5 Å². The van der Waals surface area contributed by atoms with E-state index in [0.29, 0.717) is 12.8 Å². The van der Waals surface area contributed by atoms with E-state index in [1.165, 1.54) is 4.90 Å². The third-order valence-corrected chi connectivity index (χ3v) is 6.18. The van der Waals surface area contributed by atoms with Crippen LogP contribution in [0, 0.1) is 25.2 Å². The number of hydrogen-bond acceptors (Lipinski definition) is 4. The maximum Gasteiger partial charge on any atom is 0.417 e. The van der Waals surface area contributed by atoms with Crippen molar-refractivity contribution in [3.63, 3.8) is 0 Å². The van der Waals surface area contributed by atoms with Crippen LogP contribution in [0.5, 0.6) is 0 Å². The molecule has 0 unspecified atom stereocenters. The summed E-state index contributed by atoms with van der Waals surface area (Å²) in [5, 5.41) is 9.17. The monoisotopic (exact) mass is 441 g/mol. The van der Waals surface area contributed by atoms with E-state index in [1.807, 2.05) is 68.4 Å². The van der Waals surface area contributed by atoms with E-state index in [1.54, 1.807) is 0 Å². The topological polar surface area (TPSA) is 75.3 Å². The number of cyclic esters (lactones) is 1. The lowest BCUT2D eigenvalue weighted by molar-refractivity contribution is -0.130. The molecule has 6 heteroatoms. The maximum absolute atomic E-state index is 13.6. The Balaban J connectivity index is 1.60. The fraction of sp³-hybridized carbons (Fsp3) is 0.296. The quantitative estimate of drug-likeness (QED) is 0.513. The number of carbonyl (C=O) groups is 2. The molecular formula is C27H27N3O3. The Morgan fingerprint density at radius 3 is 2.36 bits per heavy atom. The standard InChI is InChI=1S/C27H27N3O3/c1-19-10-11-20(2)29(19)23-14-12-22(13-15-23)25(9-6-16-28)26(31)30-24(18-33-27(30)32)17-21-7-4-3-5-8-21/h3-5,7-8,10-15,24-25H,6,9,17-18H2,1-2H3/t24-,25+/m0/s1. The Labute approximate surface area is 194 Å². The van der Waals surface area contributed by atoms with E-state index in [0.717, 1.165) is 28.2 Å². The van der Waals surface area contributed by atoms with Gasteiger partial charge in [0.05, 0.1) is 18.0 Å². The van der Waals surface area contributed by atoms with Gasteiger partial charge in [0.15, 0.2) is 0 Å². The highest BCUT2D eigenvalue weighted by Gasteiger charge is 2.41. The summed E-state index contributed by atoms with van der Waals surface area (Å²) in [5.74, 6) is -0.899. The van der Waals surface area contributed by atoms with E-state index in [-0.39, 0.29) is 25.0 Å². The molecule has 1 aliphatic heterocycles. The lowest BCUT2D eigenvalue weighted by Crippen LogP contribution is -2.43. The number of nitriles is 1. The van der Waals surface area contributed by atoms with Gasteiger partial charge >= 0.3 is 6.09 Å². The molecule has 2 amide bonds. The van der Waals surface area contributed by atoms with Crippen molar-refractivity contribution in [1.82, 2.24) is 9.47 Å². The van der Waals surface area contributed by atoms with Gasteiger partial charge in [-0.25, -0.2) is 9.69 Å². The second kappa shape index (κ2) is 9.74. The van der Waals surface area contributed by atoms with Gasteiger partial charge in [-0.1, -0.05) is 42.5 Å². The van der Waals surface area contributed by atoms with Crippen LogP contribution < -0.4 is 0 Å². The summed E-state index contributed by atoms with van der Waals surface area (Å²) >= 11 is 0. The zero-order valence-corrected chi connectivity index (χ0v) is 18.9. The van der Waals surface area contributed by atoms with E-state index in [2.05, 4.69) is 22.8 Å². The van der Waals surface area contributed by atoms with E-state index in [4.69, 9.17) is 10.00 Å². The lowest BCUT2D eigenvalue weighted by Gasteiger charge is -2.25. The summed E-state index contributed by atoms with van der Waals surface area (Å²) in [6.07, 6.45) is 0.491. The molecular weight excluding hydrogens is 414 g/mol. The van der Waals surface area contributed by atoms with Crippen molar-refractivity contribution in [2.24, 2.45) is 0 Å². The van der Waals surface area contributed by atoms with Gasteiger partial charge in [-0.05, 0) is 62.1 Å². The molecule has 0 spiro atoms. The van der Waals surface area contributed by atoms with Gasteiger partial charge < -0.3 is 9.30 Å². The Morgan fingerprint density at radius 2 is 1.73 bits per heavy atom. The number of imide groups is 1. The van der Waals surface area contributed by atoms with Crippen molar-refractivity contribution in [3.05, 3.63) is 89.2 Å². The summed E-state index contributed by atoms with van der Waals surface area (Å²) in [4.78, 5) is 27.4. The minimum Gasteiger partial charge on any atom is -0.447 e. The predicted octanol–water partition coefficient (Wildman–Crippen LogP) is 5.07. The summed E-state index contributed by atoms with van der Waals surface area (Å²) in [6.45, 7) is 4.27. The first-order chi connectivity index (χ1) is 16.0. The van der Waals surface area contributed by atoms with Crippen LogP contribution in [-0.4, -0.2) is 34.1 Å². The van der Waals surface area contributed by atoms with E-state index >= 15 is 0 Å². The third kappa shape index (κ3) is 4.68. The summed E-state index contributed by atoms with van der Waals surface area (Å²) in [7, 11) is 0. The van der Waals surface area contributed by atoms with Crippen LogP contribution in [0.25, 0.3) is 5.69 Å². The van der Waals surface area contributed by atoms with Crippen molar-refractivity contribution in [1.29, 1.82) is 5.26 Å². The van der Waals surface area contributed by atoms with Crippen LogP contribution in [0.3, 0.4) is 0 Å². The largest absolute Gasteiger partial charge is 0.447 e. The van der Waals surface area contributed by atoms with Crippen LogP contribution in [0.4, 0.5) is 4.79 Å². The molecule has 1 saturated heterocycles. The molecule has 1 aromatic heterocycles. The van der Waals surface area contributed by atoms with Crippen LogP contribution in [0.2, 0.25) is 0 Å². The smallest absolute Gasteiger partial charge is 0.417 e. The zero-order valence-electron chi connectivity index (χ0n) is 18.9. The highest BCUT2D eigenvalue weighted by molar-refractivity contribution is 5.97. The normalized spacial score (nSPS) is 16.3. The van der Waals surface area contributed by atoms with Gasteiger partial charge in [-0.3, -0.25) is 4.79 Å². The SMILES string of the molecule is Cc1ccc(C)n1-c1ccc([C@@H](CCC#N)C(=O)N2C(=O)OC[C@@H]2Cc2ccccc2)cc1. The molecule has 1 fully saturated rings. The fourth-order valence-electron chi connectivity index (χ4n) is 4.51. The van der Waals surface area contributed by atoms with Crippen LogP contribution in [0.15, 0.2) is 66.7 Å². The number of benzene rings is 2. The van der Waals surface area contributed by atoms with Gasteiger partial charge in [-0.15, -0.1) is 0 Å². The van der Waals surface area contributed by atoms with Gasteiger partial charge in [0.25, 0.3) is 0 Å². The number of amides is 2. The molecule has 168 valence electrons. The molecule has 3 aromatic rings. The minimum atomic E-state index is -0.613. The Morgan fingerprint density at radius 1 is 1.06 bits per heavy atom. The molecule has 0 saturated carbocycles. The summed E-state index contributed by atoms with van der Waals surface area (Å²) < 4.78 is 7.40. The maximum atomic E-state index is 13.6. The number of ether oxygens (including phenoxy) is 1. The summed E-state index contributed by atoms with van der Waals surface area (Å²) in [6, 6.07) is 23.4. The number of aryl methyl sites for hydroxylation is 2. The molecule has 2 aromatic carbocycles. The summed E-state index contributed by atoms with van der Waals surface area (Å²) in [5.41, 5.74) is 5.09. The van der Waals surface area contributed by atoms with Gasteiger partial charge in [-0.2, -0.15) is 5.26 Å². The Hall–Kier alpha value is -3.85. The average Bonchev–Trinajstić information content (AvgIpc) is 3.36. The van der Waals surface area contributed by atoms with Crippen molar-refractivity contribution in [3.8, 4) is 11.8 Å². The average molecular weight is 442 g/mol. The number of rotatable bonds is 7. The van der Waals surface area contributed by atoms with Gasteiger partial charge in [0.2, 0.25) is 5.91 Å². The first-order valence-corrected chi connectivity index (χ1v) is 11.2. The molecule has 6 nitrogen and oxygen atoms in total. The molecule has 0 radical (unpaired) electrons. The van der Waals surface area contributed by atoms with Crippen molar-refractivity contribution in [2.45, 2.75) is 45.1 Å². The molecule has 0 bridgehead atoms. The van der Waals surface area contributed by atoms with Crippen LogP contribution >= 0.6 is 0 Å². The second-order valence-electron chi connectivity index (χ2n) is 8.42. The van der Waals surface area contributed by atoms with Crippen molar-refractivity contribution < 1.29 is 14.3 Å². The number of hydrogen-bond donors (Lipinski definition) is 0. The Bertz CT molecular complexity index is 1160. The first-order valence-electron chi connectivity index (χ1n) is 11.2. The number of aromatic nitrogens is 1. The van der Waals surface area contributed by atoms with Crippen LogP contribution in [0.1, 0.15) is 41.3 Å². The van der Waals surface area contributed by atoms with E-state index in [9.17, 15) is 9.59 Å². The zero-order chi connectivity index (χ0) is 23.4. The molecule has 1 aliphatic rings. The molecule has 0 N–H and O–H groups in total. The van der Waals surface area contributed by atoms with E-state index < -0.39 is 12.0 Å². The lowest BCUT2D eigenvalue weighted by atomic mass is 9.92. The van der Waals surface area contributed by atoms with Gasteiger partial charge in [0.1, 0.15) is 6.61 Å². The highest BCUT2D eigenvalue weighted by Crippen LogP contribution is 2.29. The Kier molecular flexibility index (Phi) is 6.60. The van der Waals surface area contributed by atoms with Crippen molar-refractivity contribution >= 4 is 12.0 Å². The highest BCUT2D eigenvalue weighted by atomic mass is 16.6. The molecule has 33 heavy (non-hydrogen) atoms. The molecule has 2 heterocycles. The number of carbonyl (C=O) groups excluding carboxylic acids is 2. The minimum absolute atomic E-state index is 0.176. The predicted molar refractivity (Wildman–Crippen MR) is 125 cm³/mol. The van der Waals surface area contributed by atoms with Crippen molar-refractivity contribution in [2.75, 3.05) is 6.61 Å². The fourth-order valence-corrected chi connectivity index (χ4v) is 4.51.